The van der Waals surface area contributed by atoms with Crippen molar-refractivity contribution in [2.75, 3.05) is 11.1 Å². The summed E-state index contributed by atoms with van der Waals surface area (Å²) in [7, 11) is -3.76. The van der Waals surface area contributed by atoms with Crippen LogP contribution < -0.4 is 5.32 Å². The van der Waals surface area contributed by atoms with Gasteiger partial charge in [-0.1, -0.05) is 41.9 Å². The standard InChI is InChI=1S/C18H14ClN3O3S/c19-14-6-8-16(9-7-14)26(24,25)12-17(23)22-15-10-20-18(21-11-15)13-4-2-1-3-5-13/h1-11H,12H2,(H,22,23). The quantitative estimate of drug-likeness (QED) is 0.726. The molecule has 0 atom stereocenters. The van der Waals surface area contributed by atoms with E-state index < -0.39 is 21.5 Å². The molecule has 0 aliphatic rings. The minimum atomic E-state index is -3.76. The first-order valence-corrected chi connectivity index (χ1v) is 9.63. The Kier molecular flexibility index (Phi) is 5.29. The van der Waals surface area contributed by atoms with E-state index in [0.29, 0.717) is 16.5 Å². The highest BCUT2D eigenvalue weighted by Gasteiger charge is 2.19. The smallest absolute Gasteiger partial charge is 0.240 e. The molecule has 26 heavy (non-hydrogen) atoms. The highest BCUT2D eigenvalue weighted by molar-refractivity contribution is 7.92. The van der Waals surface area contributed by atoms with Crippen LogP contribution in [0, 0.1) is 0 Å². The van der Waals surface area contributed by atoms with Gasteiger partial charge in [0.05, 0.1) is 23.0 Å². The van der Waals surface area contributed by atoms with Gasteiger partial charge < -0.3 is 5.32 Å². The maximum Gasteiger partial charge on any atom is 0.240 e. The molecule has 0 aliphatic carbocycles. The topological polar surface area (TPSA) is 89.0 Å². The monoisotopic (exact) mass is 387 g/mol. The van der Waals surface area contributed by atoms with E-state index in [4.69, 9.17) is 11.6 Å². The Labute approximate surface area is 155 Å². The molecule has 132 valence electrons. The van der Waals surface area contributed by atoms with Gasteiger partial charge in [-0.3, -0.25) is 4.79 Å². The molecule has 8 heteroatoms. The third-order valence-corrected chi connectivity index (χ3v) is 5.35. The molecule has 1 N–H and O–H groups in total. The second-order valence-electron chi connectivity index (χ2n) is 5.42. The van der Waals surface area contributed by atoms with Gasteiger partial charge in [-0.25, -0.2) is 18.4 Å². The molecular formula is C18H14ClN3O3S. The molecule has 2 aromatic carbocycles. The predicted molar refractivity (Wildman–Crippen MR) is 99.6 cm³/mol. The number of nitrogens with zero attached hydrogens (tertiary/aromatic N) is 2. The Bertz CT molecular complexity index is 1010. The number of hydrogen-bond donors (Lipinski definition) is 1. The molecule has 1 heterocycles. The van der Waals surface area contributed by atoms with Gasteiger partial charge in [0.15, 0.2) is 15.7 Å². The Balaban J connectivity index is 1.67. The van der Waals surface area contributed by atoms with Crippen LogP contribution in [0.25, 0.3) is 11.4 Å². The van der Waals surface area contributed by atoms with Crippen LogP contribution in [0.1, 0.15) is 0 Å². The van der Waals surface area contributed by atoms with Crippen LogP contribution in [0.3, 0.4) is 0 Å². The number of hydrogen-bond acceptors (Lipinski definition) is 5. The van der Waals surface area contributed by atoms with Gasteiger partial charge in [0.2, 0.25) is 5.91 Å². The lowest BCUT2D eigenvalue weighted by Crippen LogP contribution is -2.23. The summed E-state index contributed by atoms with van der Waals surface area (Å²) in [5, 5.41) is 2.91. The number of carbonyl (C=O) groups excluding carboxylic acids is 1. The molecule has 3 aromatic rings. The number of anilines is 1. The Morgan fingerprint density at radius 3 is 2.19 bits per heavy atom. The Morgan fingerprint density at radius 1 is 0.962 bits per heavy atom. The molecule has 0 aliphatic heterocycles. The maximum absolute atomic E-state index is 12.2. The van der Waals surface area contributed by atoms with Crippen molar-refractivity contribution in [1.82, 2.24) is 9.97 Å². The lowest BCUT2D eigenvalue weighted by atomic mass is 10.2. The largest absolute Gasteiger partial charge is 0.323 e. The summed E-state index contributed by atoms with van der Waals surface area (Å²) in [6, 6.07) is 15.0. The number of rotatable bonds is 5. The number of carbonyl (C=O) groups is 1. The van der Waals surface area contributed by atoms with Crippen LogP contribution in [-0.4, -0.2) is 30.0 Å². The molecule has 1 aromatic heterocycles. The fraction of sp³-hybridized carbons (Fsp3) is 0.0556. The third kappa shape index (κ3) is 4.44. The van der Waals surface area contributed by atoms with Crippen molar-refractivity contribution in [2.45, 2.75) is 4.90 Å². The molecule has 3 rings (SSSR count). The van der Waals surface area contributed by atoms with E-state index in [1.54, 1.807) is 0 Å². The van der Waals surface area contributed by atoms with E-state index in [2.05, 4.69) is 15.3 Å². The fourth-order valence-electron chi connectivity index (χ4n) is 2.22. The number of benzene rings is 2. The van der Waals surface area contributed by atoms with Gasteiger partial charge in [-0.2, -0.15) is 0 Å². The Hall–Kier alpha value is -2.77. The summed E-state index contributed by atoms with van der Waals surface area (Å²) in [6.45, 7) is 0. The summed E-state index contributed by atoms with van der Waals surface area (Å²) in [4.78, 5) is 20.4. The summed E-state index contributed by atoms with van der Waals surface area (Å²) in [5.74, 6) is -0.844. The van der Waals surface area contributed by atoms with Crippen LogP contribution in [0.2, 0.25) is 5.02 Å². The van der Waals surface area contributed by atoms with Crippen LogP contribution in [0.5, 0.6) is 0 Å². The fourth-order valence-corrected chi connectivity index (χ4v) is 3.48. The molecule has 0 bridgehead atoms. The van der Waals surface area contributed by atoms with Crippen molar-refractivity contribution in [3.63, 3.8) is 0 Å². The molecule has 0 saturated heterocycles. The minimum absolute atomic E-state index is 0.0349. The van der Waals surface area contributed by atoms with E-state index in [1.165, 1.54) is 36.7 Å². The lowest BCUT2D eigenvalue weighted by molar-refractivity contribution is -0.113. The van der Waals surface area contributed by atoms with Gasteiger partial charge in [0, 0.05) is 10.6 Å². The Morgan fingerprint density at radius 2 is 1.58 bits per heavy atom. The molecule has 0 fully saturated rings. The second kappa shape index (κ2) is 7.63. The SMILES string of the molecule is O=C(CS(=O)(=O)c1ccc(Cl)cc1)Nc1cnc(-c2ccccc2)nc1. The van der Waals surface area contributed by atoms with Crippen LogP contribution >= 0.6 is 11.6 Å². The van der Waals surface area contributed by atoms with Gasteiger partial charge >= 0.3 is 0 Å². The van der Waals surface area contributed by atoms with Crippen molar-refractivity contribution in [3.8, 4) is 11.4 Å². The molecule has 6 nitrogen and oxygen atoms in total. The van der Waals surface area contributed by atoms with Gasteiger partial charge in [0.25, 0.3) is 0 Å². The molecular weight excluding hydrogens is 374 g/mol. The molecule has 0 radical (unpaired) electrons. The highest BCUT2D eigenvalue weighted by atomic mass is 35.5. The zero-order valence-corrected chi connectivity index (χ0v) is 15.0. The number of aromatic nitrogens is 2. The van der Waals surface area contributed by atoms with Crippen molar-refractivity contribution in [1.29, 1.82) is 0 Å². The minimum Gasteiger partial charge on any atom is -0.323 e. The lowest BCUT2D eigenvalue weighted by Gasteiger charge is -2.07. The van der Waals surface area contributed by atoms with Crippen molar-refractivity contribution in [2.24, 2.45) is 0 Å². The van der Waals surface area contributed by atoms with Gasteiger partial charge in [-0.15, -0.1) is 0 Å². The zero-order chi connectivity index (χ0) is 18.6. The van der Waals surface area contributed by atoms with E-state index in [0.717, 1.165) is 5.56 Å². The van der Waals surface area contributed by atoms with E-state index in [-0.39, 0.29) is 4.90 Å². The zero-order valence-electron chi connectivity index (χ0n) is 13.5. The molecule has 0 unspecified atom stereocenters. The third-order valence-electron chi connectivity index (χ3n) is 3.46. The summed E-state index contributed by atoms with van der Waals surface area (Å²) in [5.41, 5.74) is 1.16. The summed E-state index contributed by atoms with van der Waals surface area (Å²) in [6.07, 6.45) is 2.87. The second-order valence-corrected chi connectivity index (χ2v) is 7.85. The number of amides is 1. The summed E-state index contributed by atoms with van der Waals surface area (Å²) >= 11 is 5.74. The average Bonchev–Trinajstić information content (AvgIpc) is 2.63. The number of halogens is 1. The first-order valence-electron chi connectivity index (χ1n) is 7.60. The first kappa shape index (κ1) is 18.0. The first-order chi connectivity index (χ1) is 12.4. The van der Waals surface area contributed by atoms with Gasteiger partial charge in [0.1, 0.15) is 5.75 Å². The maximum atomic E-state index is 12.2. The molecule has 0 spiro atoms. The van der Waals surface area contributed by atoms with Gasteiger partial charge in [-0.05, 0) is 24.3 Å². The molecule has 1 amide bonds. The number of nitrogens with one attached hydrogen (secondary N) is 1. The van der Waals surface area contributed by atoms with Crippen LogP contribution in [-0.2, 0) is 14.6 Å². The number of sulfone groups is 1. The van der Waals surface area contributed by atoms with Crippen molar-refractivity contribution >= 4 is 33.0 Å². The molecule has 0 saturated carbocycles. The van der Waals surface area contributed by atoms with Crippen LogP contribution in [0.15, 0.2) is 71.9 Å². The van der Waals surface area contributed by atoms with Crippen LogP contribution in [0.4, 0.5) is 5.69 Å². The van der Waals surface area contributed by atoms with E-state index in [1.807, 2.05) is 30.3 Å². The van der Waals surface area contributed by atoms with E-state index >= 15 is 0 Å². The van der Waals surface area contributed by atoms with Crippen molar-refractivity contribution < 1.29 is 13.2 Å². The average molecular weight is 388 g/mol. The highest BCUT2D eigenvalue weighted by Crippen LogP contribution is 2.17. The van der Waals surface area contributed by atoms with E-state index in [9.17, 15) is 13.2 Å². The summed E-state index contributed by atoms with van der Waals surface area (Å²) < 4.78 is 24.5. The predicted octanol–water partition coefficient (Wildman–Crippen LogP) is 3.21. The normalized spacial score (nSPS) is 11.1. The van der Waals surface area contributed by atoms with Crippen molar-refractivity contribution in [3.05, 3.63) is 72.0 Å².